The first-order chi connectivity index (χ1) is 16.1. The van der Waals surface area contributed by atoms with E-state index in [9.17, 15) is 9.59 Å². The highest BCUT2D eigenvalue weighted by Gasteiger charge is 2.39. The smallest absolute Gasteiger partial charge is 0.326 e. The zero-order valence-electron chi connectivity index (χ0n) is 19.1. The number of carbonyl (C=O) groups excluding carboxylic acids is 2. The number of hydrogen-bond donors (Lipinski definition) is 0. The van der Waals surface area contributed by atoms with E-state index in [4.69, 9.17) is 14.2 Å². The van der Waals surface area contributed by atoms with E-state index < -0.39 is 17.3 Å². The minimum absolute atomic E-state index is 0.240. The molecule has 2 unspecified atom stereocenters. The van der Waals surface area contributed by atoms with Crippen LogP contribution in [0.2, 0.25) is 0 Å². The number of Topliss-reactive ketones (excluding diaryl/α,β-unsaturated/α-hetero) is 1. The highest BCUT2D eigenvalue weighted by molar-refractivity contribution is 8.01. The number of ketones is 1. The quantitative estimate of drug-likeness (QED) is 0.451. The Balaban J connectivity index is 1.35. The van der Waals surface area contributed by atoms with Gasteiger partial charge in [-0.2, -0.15) is 0 Å². The maximum Gasteiger partial charge on any atom is 0.326 e. The summed E-state index contributed by atoms with van der Waals surface area (Å²) < 4.78 is 16.3. The Labute approximate surface area is 199 Å². The van der Waals surface area contributed by atoms with Crippen molar-refractivity contribution >= 4 is 29.2 Å². The third-order valence-electron chi connectivity index (χ3n) is 6.09. The standard InChI is InChI=1S/C25H30N2O5S/c1-30-19-10-11-20-22(17-19)33-24(25(29)31-2)23(28)21(32-20)9-6-12-26-13-15-27(16-14-26)18-7-4-3-5-8-18/h3-5,7-8,10-11,17,21,24H,6,9,12-16H2,1-2H3. The summed E-state index contributed by atoms with van der Waals surface area (Å²) in [4.78, 5) is 31.0. The molecule has 2 aromatic carbocycles. The van der Waals surface area contributed by atoms with Crippen molar-refractivity contribution in [3.8, 4) is 11.5 Å². The predicted octanol–water partition coefficient (Wildman–Crippen LogP) is 3.26. The van der Waals surface area contributed by atoms with E-state index in [1.807, 2.05) is 6.07 Å². The molecule has 0 N–H and O–H groups in total. The molecule has 2 atom stereocenters. The fourth-order valence-corrected chi connectivity index (χ4v) is 5.34. The number of nitrogens with zero attached hydrogens (tertiary/aromatic N) is 2. The average Bonchev–Trinajstić information content (AvgIpc) is 3.00. The first-order valence-electron chi connectivity index (χ1n) is 11.2. The van der Waals surface area contributed by atoms with Crippen molar-refractivity contribution in [2.75, 3.05) is 51.8 Å². The van der Waals surface area contributed by atoms with Gasteiger partial charge >= 0.3 is 5.97 Å². The van der Waals surface area contributed by atoms with Gasteiger partial charge in [0.05, 0.1) is 19.1 Å². The molecule has 7 nitrogen and oxygen atoms in total. The van der Waals surface area contributed by atoms with Crippen LogP contribution in [0.25, 0.3) is 0 Å². The lowest BCUT2D eigenvalue weighted by Crippen LogP contribution is -2.47. The normalized spacial score (nSPS) is 21.0. The van der Waals surface area contributed by atoms with Gasteiger partial charge in [-0.25, -0.2) is 0 Å². The molecule has 0 radical (unpaired) electrons. The Hall–Kier alpha value is -2.71. The number of rotatable bonds is 7. The van der Waals surface area contributed by atoms with Gasteiger partial charge in [0.25, 0.3) is 0 Å². The SMILES string of the molecule is COC(=O)C1Sc2cc(OC)ccc2OC(CCCN2CCN(c3ccccc3)CC2)C1=O. The van der Waals surface area contributed by atoms with Crippen molar-refractivity contribution in [1.29, 1.82) is 0 Å². The number of methoxy groups -OCH3 is 2. The van der Waals surface area contributed by atoms with Crippen molar-refractivity contribution in [1.82, 2.24) is 4.90 Å². The van der Waals surface area contributed by atoms with Crippen LogP contribution in [0.5, 0.6) is 11.5 Å². The zero-order valence-corrected chi connectivity index (χ0v) is 19.9. The summed E-state index contributed by atoms with van der Waals surface area (Å²) in [6.45, 7) is 4.83. The number of ether oxygens (including phenoxy) is 3. The van der Waals surface area contributed by atoms with Gasteiger partial charge in [0.15, 0.2) is 17.1 Å². The molecule has 0 spiro atoms. The van der Waals surface area contributed by atoms with Crippen LogP contribution in [-0.4, -0.2) is 74.9 Å². The van der Waals surface area contributed by atoms with Gasteiger partial charge in [-0.3, -0.25) is 14.5 Å². The minimum Gasteiger partial charge on any atom is -0.497 e. The Morgan fingerprint density at radius 1 is 1.09 bits per heavy atom. The van der Waals surface area contributed by atoms with E-state index in [1.165, 1.54) is 24.6 Å². The van der Waals surface area contributed by atoms with Gasteiger partial charge in [-0.05, 0) is 49.7 Å². The van der Waals surface area contributed by atoms with E-state index in [-0.39, 0.29) is 5.78 Å². The summed E-state index contributed by atoms with van der Waals surface area (Å²) >= 11 is 1.17. The lowest BCUT2D eigenvalue weighted by atomic mass is 10.1. The third-order valence-corrected chi connectivity index (χ3v) is 7.32. The molecule has 0 saturated carbocycles. The molecule has 4 rings (SSSR count). The second kappa shape index (κ2) is 10.9. The van der Waals surface area contributed by atoms with Crippen LogP contribution < -0.4 is 14.4 Å². The molecule has 2 aliphatic rings. The molecule has 0 aliphatic carbocycles. The summed E-state index contributed by atoms with van der Waals surface area (Å²) in [7, 11) is 2.88. The molecule has 0 bridgehead atoms. The summed E-state index contributed by atoms with van der Waals surface area (Å²) in [5.41, 5.74) is 1.26. The van der Waals surface area contributed by atoms with Crippen molar-refractivity contribution in [3.05, 3.63) is 48.5 Å². The Kier molecular flexibility index (Phi) is 7.77. The molecule has 1 fully saturated rings. The summed E-state index contributed by atoms with van der Waals surface area (Å²) in [5, 5.41) is -0.942. The van der Waals surface area contributed by atoms with Crippen molar-refractivity contribution < 1.29 is 23.8 Å². The van der Waals surface area contributed by atoms with E-state index in [1.54, 1.807) is 25.3 Å². The van der Waals surface area contributed by atoms with Crippen LogP contribution >= 0.6 is 11.8 Å². The number of piperazine rings is 1. The molecule has 33 heavy (non-hydrogen) atoms. The minimum atomic E-state index is -0.942. The van der Waals surface area contributed by atoms with E-state index in [2.05, 4.69) is 34.1 Å². The Morgan fingerprint density at radius 3 is 2.55 bits per heavy atom. The summed E-state index contributed by atoms with van der Waals surface area (Å²) in [6, 6.07) is 15.9. The molecule has 2 aromatic rings. The van der Waals surface area contributed by atoms with Crippen LogP contribution in [-0.2, 0) is 14.3 Å². The zero-order chi connectivity index (χ0) is 23.2. The fraction of sp³-hybridized carbons (Fsp3) is 0.440. The van der Waals surface area contributed by atoms with Gasteiger partial charge < -0.3 is 19.1 Å². The molecule has 2 aliphatic heterocycles. The van der Waals surface area contributed by atoms with Gasteiger partial charge in [-0.15, -0.1) is 0 Å². The van der Waals surface area contributed by atoms with Crippen molar-refractivity contribution in [3.63, 3.8) is 0 Å². The highest BCUT2D eigenvalue weighted by atomic mass is 32.2. The molecule has 0 aromatic heterocycles. The summed E-state index contributed by atoms with van der Waals surface area (Å²) in [6.07, 6.45) is 0.685. The third kappa shape index (κ3) is 5.62. The number of para-hydroxylation sites is 1. The molecule has 8 heteroatoms. The second-order valence-corrected chi connectivity index (χ2v) is 9.30. The Morgan fingerprint density at radius 2 is 1.85 bits per heavy atom. The van der Waals surface area contributed by atoms with E-state index >= 15 is 0 Å². The van der Waals surface area contributed by atoms with E-state index in [0.29, 0.717) is 22.8 Å². The number of thioether (sulfide) groups is 1. The highest BCUT2D eigenvalue weighted by Crippen LogP contribution is 2.40. The number of fused-ring (bicyclic) bond motifs is 1. The van der Waals surface area contributed by atoms with Crippen molar-refractivity contribution in [2.24, 2.45) is 0 Å². The Bertz CT molecular complexity index is 963. The number of esters is 1. The predicted molar refractivity (Wildman–Crippen MR) is 128 cm³/mol. The molecule has 2 heterocycles. The number of benzene rings is 2. The van der Waals surface area contributed by atoms with Crippen LogP contribution in [0, 0.1) is 0 Å². The average molecular weight is 471 g/mol. The van der Waals surface area contributed by atoms with Gasteiger partial charge in [0, 0.05) is 31.9 Å². The lowest BCUT2D eigenvalue weighted by Gasteiger charge is -2.36. The largest absolute Gasteiger partial charge is 0.497 e. The topological polar surface area (TPSA) is 68.3 Å². The van der Waals surface area contributed by atoms with Crippen LogP contribution in [0.1, 0.15) is 12.8 Å². The maximum absolute atomic E-state index is 13.2. The van der Waals surface area contributed by atoms with Gasteiger partial charge in [-0.1, -0.05) is 30.0 Å². The first-order valence-corrected chi connectivity index (χ1v) is 12.1. The molecular weight excluding hydrogens is 440 g/mol. The first kappa shape index (κ1) is 23.4. The van der Waals surface area contributed by atoms with Crippen LogP contribution in [0.3, 0.4) is 0 Å². The summed E-state index contributed by atoms with van der Waals surface area (Å²) in [5.74, 6) is 0.457. The number of anilines is 1. The number of hydrogen-bond acceptors (Lipinski definition) is 8. The maximum atomic E-state index is 13.2. The van der Waals surface area contributed by atoms with Gasteiger partial charge in [0.2, 0.25) is 0 Å². The van der Waals surface area contributed by atoms with Crippen molar-refractivity contribution in [2.45, 2.75) is 29.1 Å². The molecule has 176 valence electrons. The van der Waals surface area contributed by atoms with E-state index in [0.717, 1.165) is 39.1 Å². The molecule has 0 amide bonds. The molecule has 1 saturated heterocycles. The fourth-order valence-electron chi connectivity index (χ4n) is 4.21. The monoisotopic (exact) mass is 470 g/mol. The molecular formula is C25H30N2O5S. The number of carbonyl (C=O) groups is 2. The van der Waals surface area contributed by atoms with Crippen LogP contribution in [0.4, 0.5) is 5.69 Å². The second-order valence-electron chi connectivity index (χ2n) is 8.15. The van der Waals surface area contributed by atoms with Crippen LogP contribution in [0.15, 0.2) is 53.4 Å². The van der Waals surface area contributed by atoms with Gasteiger partial charge in [0.1, 0.15) is 11.5 Å². The lowest BCUT2D eigenvalue weighted by molar-refractivity contribution is -0.144.